The molecule has 18 heavy (non-hydrogen) atoms. The van der Waals surface area contributed by atoms with Crippen molar-refractivity contribution in [1.29, 1.82) is 0 Å². The van der Waals surface area contributed by atoms with Crippen LogP contribution < -0.4 is 0 Å². The molecule has 1 fully saturated rings. The summed E-state index contributed by atoms with van der Waals surface area (Å²) in [6.45, 7) is 0. The predicted octanol–water partition coefficient (Wildman–Crippen LogP) is 3.23. The highest BCUT2D eigenvalue weighted by molar-refractivity contribution is 7.18. The van der Waals surface area contributed by atoms with Crippen molar-refractivity contribution in [1.82, 2.24) is 9.38 Å². The van der Waals surface area contributed by atoms with Crippen LogP contribution in [0.5, 0.6) is 0 Å². The zero-order chi connectivity index (χ0) is 12.5. The first kappa shape index (κ1) is 11.7. The number of hydrogen-bond donors (Lipinski definition) is 0. The van der Waals surface area contributed by atoms with Crippen LogP contribution in [0, 0.1) is 0 Å². The van der Waals surface area contributed by atoms with Gasteiger partial charge in [0.25, 0.3) is 0 Å². The Morgan fingerprint density at radius 1 is 1.39 bits per heavy atom. The molecule has 0 saturated heterocycles. The Morgan fingerprint density at radius 2 is 2.17 bits per heavy atom. The summed E-state index contributed by atoms with van der Waals surface area (Å²) in [6, 6.07) is 0. The molecule has 1 aliphatic carbocycles. The van der Waals surface area contributed by atoms with Gasteiger partial charge in [-0.15, -0.1) is 0 Å². The summed E-state index contributed by atoms with van der Waals surface area (Å²) in [4.78, 5) is 17.6. The van der Waals surface area contributed by atoms with E-state index in [4.69, 9.17) is 4.74 Å². The van der Waals surface area contributed by atoms with Gasteiger partial charge in [0, 0.05) is 18.3 Å². The number of nitrogens with zero attached hydrogens (tertiary/aromatic N) is 2. The average Bonchev–Trinajstić information content (AvgIpc) is 2.97. The van der Waals surface area contributed by atoms with Crippen LogP contribution in [0.15, 0.2) is 12.4 Å². The fourth-order valence-corrected chi connectivity index (χ4v) is 3.50. The zero-order valence-corrected chi connectivity index (χ0v) is 11.2. The quantitative estimate of drug-likeness (QED) is 0.782. The van der Waals surface area contributed by atoms with Gasteiger partial charge >= 0.3 is 5.97 Å². The van der Waals surface area contributed by atoms with Crippen molar-refractivity contribution in [2.75, 3.05) is 7.11 Å². The largest absolute Gasteiger partial charge is 0.465 e. The van der Waals surface area contributed by atoms with Crippen molar-refractivity contribution >= 4 is 22.3 Å². The number of thiazole rings is 1. The number of imidazole rings is 1. The Kier molecular flexibility index (Phi) is 3.07. The summed E-state index contributed by atoms with van der Waals surface area (Å²) in [5, 5.41) is 0. The second-order valence-corrected chi connectivity index (χ2v) is 5.79. The summed E-state index contributed by atoms with van der Waals surface area (Å²) in [5.74, 6) is 0.317. The van der Waals surface area contributed by atoms with Crippen LogP contribution in [0.3, 0.4) is 0 Å². The number of rotatable bonds is 2. The monoisotopic (exact) mass is 264 g/mol. The molecule has 0 N–H and O–H groups in total. The molecule has 1 saturated carbocycles. The van der Waals surface area contributed by atoms with E-state index < -0.39 is 0 Å². The highest BCUT2D eigenvalue weighted by Gasteiger charge is 2.20. The topological polar surface area (TPSA) is 43.6 Å². The first-order valence-corrected chi connectivity index (χ1v) is 7.16. The van der Waals surface area contributed by atoms with E-state index in [1.54, 1.807) is 0 Å². The van der Waals surface area contributed by atoms with Gasteiger partial charge in [-0.1, -0.05) is 30.6 Å². The van der Waals surface area contributed by atoms with E-state index in [0.717, 1.165) is 4.96 Å². The number of aromatic nitrogens is 2. The Morgan fingerprint density at radius 3 is 2.83 bits per heavy atom. The van der Waals surface area contributed by atoms with Gasteiger partial charge in [-0.2, -0.15) is 0 Å². The number of carbonyl (C=O) groups excluding carboxylic acids is 1. The standard InChI is InChI=1S/C13H16N2O2S/c1-17-12(16)11-8-15-7-10(14-13(15)18-11)9-5-3-2-4-6-9/h7-9H,2-6H2,1H3. The normalized spacial score (nSPS) is 17.2. The molecule has 1 aliphatic rings. The molecule has 3 rings (SSSR count). The minimum absolute atomic E-state index is 0.287. The summed E-state index contributed by atoms with van der Waals surface area (Å²) in [6.07, 6.45) is 10.3. The van der Waals surface area contributed by atoms with Gasteiger partial charge in [-0.05, 0) is 12.8 Å². The molecule has 96 valence electrons. The fourth-order valence-electron chi connectivity index (χ4n) is 2.60. The van der Waals surface area contributed by atoms with Crippen LogP contribution in [0.2, 0.25) is 0 Å². The molecule has 5 heteroatoms. The van der Waals surface area contributed by atoms with Crippen LogP contribution >= 0.6 is 11.3 Å². The fraction of sp³-hybridized carbons (Fsp3) is 0.538. The molecule has 0 unspecified atom stereocenters. The maximum atomic E-state index is 11.4. The molecule has 0 spiro atoms. The number of methoxy groups -OCH3 is 1. The van der Waals surface area contributed by atoms with E-state index in [0.29, 0.717) is 10.8 Å². The number of fused-ring (bicyclic) bond motifs is 1. The maximum Gasteiger partial charge on any atom is 0.349 e. The zero-order valence-electron chi connectivity index (χ0n) is 10.4. The van der Waals surface area contributed by atoms with Crippen molar-refractivity contribution in [2.45, 2.75) is 38.0 Å². The van der Waals surface area contributed by atoms with E-state index >= 15 is 0 Å². The maximum absolute atomic E-state index is 11.4. The second kappa shape index (κ2) is 4.72. The van der Waals surface area contributed by atoms with Crippen LogP contribution in [0.25, 0.3) is 4.96 Å². The van der Waals surface area contributed by atoms with Crippen LogP contribution in [0.4, 0.5) is 0 Å². The van der Waals surface area contributed by atoms with Crippen LogP contribution in [0.1, 0.15) is 53.4 Å². The highest BCUT2D eigenvalue weighted by Crippen LogP contribution is 2.33. The number of hydrogen-bond acceptors (Lipinski definition) is 4. The molecule has 2 heterocycles. The lowest BCUT2D eigenvalue weighted by Crippen LogP contribution is -2.04. The highest BCUT2D eigenvalue weighted by atomic mass is 32.1. The molecule has 2 aromatic rings. The molecule has 0 bridgehead atoms. The Balaban J connectivity index is 1.88. The van der Waals surface area contributed by atoms with Gasteiger partial charge in [0.1, 0.15) is 4.88 Å². The number of ether oxygens (including phenoxy) is 1. The first-order chi connectivity index (χ1) is 8.78. The molecule has 0 aliphatic heterocycles. The minimum Gasteiger partial charge on any atom is -0.465 e. The first-order valence-electron chi connectivity index (χ1n) is 6.34. The van der Waals surface area contributed by atoms with E-state index in [-0.39, 0.29) is 5.97 Å². The summed E-state index contributed by atoms with van der Waals surface area (Å²) >= 11 is 1.39. The van der Waals surface area contributed by atoms with Crippen LogP contribution in [-0.2, 0) is 4.74 Å². The van der Waals surface area contributed by atoms with E-state index in [9.17, 15) is 4.79 Å². The smallest absolute Gasteiger partial charge is 0.349 e. The molecule has 0 aromatic carbocycles. The van der Waals surface area contributed by atoms with Crippen molar-refractivity contribution in [3.8, 4) is 0 Å². The molecule has 2 aromatic heterocycles. The Bertz CT molecular complexity index is 535. The molecule has 4 nitrogen and oxygen atoms in total. The third-order valence-corrected chi connectivity index (χ3v) is 4.56. The average molecular weight is 264 g/mol. The third-order valence-electron chi connectivity index (χ3n) is 3.58. The predicted molar refractivity (Wildman–Crippen MR) is 70.2 cm³/mol. The van der Waals surface area contributed by atoms with Gasteiger partial charge in [0.05, 0.1) is 12.8 Å². The van der Waals surface area contributed by atoms with Gasteiger partial charge in [-0.3, -0.25) is 4.40 Å². The number of esters is 1. The molecule has 0 radical (unpaired) electrons. The summed E-state index contributed by atoms with van der Waals surface area (Å²) < 4.78 is 6.66. The molecular formula is C13H16N2O2S. The van der Waals surface area contributed by atoms with E-state index in [1.165, 1.54) is 56.2 Å². The van der Waals surface area contributed by atoms with Gasteiger partial charge in [0.2, 0.25) is 0 Å². The summed E-state index contributed by atoms with van der Waals surface area (Å²) in [5.41, 5.74) is 1.18. The lowest BCUT2D eigenvalue weighted by atomic mass is 9.87. The summed E-state index contributed by atoms with van der Waals surface area (Å²) in [7, 11) is 1.40. The SMILES string of the molecule is COC(=O)c1cn2cc(C3CCCCC3)nc2s1. The van der Waals surface area contributed by atoms with Crippen molar-refractivity contribution in [2.24, 2.45) is 0 Å². The third kappa shape index (κ3) is 2.03. The van der Waals surface area contributed by atoms with Crippen molar-refractivity contribution in [3.05, 3.63) is 23.0 Å². The minimum atomic E-state index is -0.287. The molecular weight excluding hydrogens is 248 g/mol. The van der Waals surface area contributed by atoms with E-state index in [2.05, 4.69) is 11.2 Å². The lowest BCUT2D eigenvalue weighted by molar-refractivity contribution is 0.0606. The lowest BCUT2D eigenvalue weighted by Gasteiger charge is -2.19. The van der Waals surface area contributed by atoms with Gasteiger partial charge in [-0.25, -0.2) is 9.78 Å². The Hall–Kier alpha value is -1.36. The number of carbonyl (C=O) groups is 1. The Labute approximate surface area is 110 Å². The van der Waals surface area contributed by atoms with Gasteiger partial charge in [0.15, 0.2) is 4.96 Å². The second-order valence-electron chi connectivity index (χ2n) is 4.78. The van der Waals surface area contributed by atoms with Gasteiger partial charge < -0.3 is 4.74 Å². The van der Waals surface area contributed by atoms with Crippen molar-refractivity contribution in [3.63, 3.8) is 0 Å². The van der Waals surface area contributed by atoms with Crippen LogP contribution in [-0.4, -0.2) is 22.5 Å². The molecule has 0 atom stereocenters. The van der Waals surface area contributed by atoms with E-state index in [1.807, 2.05) is 10.6 Å². The van der Waals surface area contributed by atoms with Crippen molar-refractivity contribution < 1.29 is 9.53 Å². The molecule has 0 amide bonds.